The Morgan fingerprint density at radius 1 is 1.15 bits per heavy atom. The van der Waals surface area contributed by atoms with Crippen molar-refractivity contribution in [1.29, 1.82) is 0 Å². The third kappa shape index (κ3) is 2.35. The number of nitrogens with zero attached hydrogens (tertiary/aromatic N) is 1. The fraction of sp³-hybridized carbons (Fsp3) is 0.143. The molecule has 2 aromatic rings. The topological polar surface area (TPSA) is 70.8 Å². The van der Waals surface area contributed by atoms with Crippen molar-refractivity contribution in [2.45, 2.75) is 6.61 Å². The summed E-state index contributed by atoms with van der Waals surface area (Å²) in [5.74, 6) is 1.60. The number of para-hydroxylation sites is 2. The minimum Gasteiger partial charge on any atom is -0.482 e. The van der Waals surface area contributed by atoms with E-state index in [-0.39, 0.29) is 24.8 Å². The van der Waals surface area contributed by atoms with Crippen molar-refractivity contribution in [3.8, 4) is 17.2 Å². The number of hydrogen-bond acceptors (Lipinski definition) is 5. The van der Waals surface area contributed by atoms with Gasteiger partial charge in [-0.25, -0.2) is 0 Å². The molecule has 0 radical (unpaired) electrons. The molecule has 0 aromatic heterocycles. The molecule has 20 heavy (non-hydrogen) atoms. The van der Waals surface area contributed by atoms with Gasteiger partial charge in [0.25, 0.3) is 0 Å². The van der Waals surface area contributed by atoms with E-state index in [4.69, 9.17) is 14.2 Å². The number of nitro benzene ring substituents is 1. The fourth-order valence-electron chi connectivity index (χ4n) is 1.92. The van der Waals surface area contributed by atoms with E-state index in [9.17, 15) is 10.1 Å². The van der Waals surface area contributed by atoms with E-state index in [1.807, 2.05) is 6.07 Å². The lowest BCUT2D eigenvalue weighted by atomic mass is 10.2. The molecule has 3 rings (SSSR count). The minimum absolute atomic E-state index is 0.0479. The Kier molecular flexibility index (Phi) is 3.12. The minimum atomic E-state index is -0.463. The van der Waals surface area contributed by atoms with E-state index in [2.05, 4.69) is 0 Å². The van der Waals surface area contributed by atoms with E-state index in [0.717, 1.165) is 5.56 Å². The van der Waals surface area contributed by atoms with Gasteiger partial charge in [-0.15, -0.1) is 0 Å². The van der Waals surface area contributed by atoms with Gasteiger partial charge in [0.2, 0.25) is 6.79 Å². The molecule has 0 bridgehead atoms. The molecule has 0 atom stereocenters. The highest BCUT2D eigenvalue weighted by Crippen LogP contribution is 2.33. The van der Waals surface area contributed by atoms with Gasteiger partial charge in [0, 0.05) is 6.07 Å². The maximum Gasteiger partial charge on any atom is 0.310 e. The number of ether oxygens (including phenoxy) is 3. The molecule has 2 aromatic carbocycles. The van der Waals surface area contributed by atoms with Crippen LogP contribution in [0.5, 0.6) is 17.2 Å². The van der Waals surface area contributed by atoms with Crippen LogP contribution < -0.4 is 14.2 Å². The van der Waals surface area contributed by atoms with Crippen molar-refractivity contribution in [1.82, 2.24) is 0 Å². The lowest BCUT2D eigenvalue weighted by Gasteiger charge is -2.07. The molecule has 0 unspecified atom stereocenters. The molecule has 6 heteroatoms. The van der Waals surface area contributed by atoms with Gasteiger partial charge in [-0.05, 0) is 23.8 Å². The Bertz CT molecular complexity index is 656. The zero-order valence-corrected chi connectivity index (χ0v) is 10.4. The van der Waals surface area contributed by atoms with Gasteiger partial charge < -0.3 is 14.2 Å². The zero-order valence-electron chi connectivity index (χ0n) is 10.4. The highest BCUT2D eigenvalue weighted by molar-refractivity contribution is 5.47. The van der Waals surface area contributed by atoms with Crippen LogP contribution in [-0.2, 0) is 6.61 Å². The van der Waals surface area contributed by atoms with Crippen LogP contribution in [0.15, 0.2) is 42.5 Å². The van der Waals surface area contributed by atoms with Crippen LogP contribution in [0.4, 0.5) is 5.69 Å². The first kappa shape index (κ1) is 12.3. The lowest BCUT2D eigenvalue weighted by Crippen LogP contribution is -1.99. The molecule has 6 nitrogen and oxygen atoms in total. The monoisotopic (exact) mass is 273 g/mol. The van der Waals surface area contributed by atoms with Gasteiger partial charge >= 0.3 is 5.69 Å². The highest BCUT2D eigenvalue weighted by atomic mass is 16.7. The van der Waals surface area contributed by atoms with Crippen molar-refractivity contribution in [3.05, 3.63) is 58.1 Å². The third-order valence-electron chi connectivity index (χ3n) is 2.89. The lowest BCUT2D eigenvalue weighted by molar-refractivity contribution is -0.385. The molecule has 0 spiro atoms. The molecule has 1 heterocycles. The summed E-state index contributed by atoms with van der Waals surface area (Å²) in [5.41, 5.74) is 0.806. The van der Waals surface area contributed by atoms with Crippen LogP contribution in [0, 0.1) is 10.1 Å². The van der Waals surface area contributed by atoms with Gasteiger partial charge in [0.15, 0.2) is 17.2 Å². The standard InChI is InChI=1S/C14H11NO5/c16-15(17)11-3-1-2-4-12(11)18-8-10-5-6-13-14(7-10)20-9-19-13/h1-7H,8-9H2. The smallest absolute Gasteiger partial charge is 0.310 e. The summed E-state index contributed by atoms with van der Waals surface area (Å²) in [4.78, 5) is 10.4. The Hall–Kier alpha value is -2.76. The Morgan fingerprint density at radius 2 is 1.95 bits per heavy atom. The first-order valence-electron chi connectivity index (χ1n) is 5.99. The molecule has 102 valence electrons. The SMILES string of the molecule is O=[N+]([O-])c1ccccc1OCc1ccc2c(c1)OCO2. The normalized spacial score (nSPS) is 12.2. The summed E-state index contributed by atoms with van der Waals surface area (Å²) in [6.07, 6.45) is 0. The first-order chi connectivity index (χ1) is 9.74. The van der Waals surface area contributed by atoms with Gasteiger partial charge in [0.05, 0.1) is 4.92 Å². The van der Waals surface area contributed by atoms with Crippen molar-refractivity contribution in [2.24, 2.45) is 0 Å². The number of benzene rings is 2. The number of nitro groups is 1. The van der Waals surface area contributed by atoms with Crippen LogP contribution in [0.1, 0.15) is 5.56 Å². The molecule has 1 aliphatic heterocycles. The summed E-state index contributed by atoms with van der Waals surface area (Å²) in [7, 11) is 0. The van der Waals surface area contributed by atoms with Crippen LogP contribution in [0.2, 0.25) is 0 Å². The summed E-state index contributed by atoms with van der Waals surface area (Å²) < 4.78 is 16.0. The summed E-state index contributed by atoms with van der Waals surface area (Å²) >= 11 is 0. The Balaban J connectivity index is 1.75. The average molecular weight is 273 g/mol. The van der Waals surface area contributed by atoms with E-state index in [0.29, 0.717) is 11.5 Å². The molecule has 0 aliphatic carbocycles. The predicted molar refractivity (Wildman–Crippen MR) is 70.0 cm³/mol. The first-order valence-corrected chi connectivity index (χ1v) is 5.99. The van der Waals surface area contributed by atoms with Gasteiger partial charge in [-0.2, -0.15) is 0 Å². The van der Waals surface area contributed by atoms with E-state index in [1.54, 1.807) is 30.3 Å². The molecule has 1 aliphatic rings. The van der Waals surface area contributed by atoms with E-state index in [1.165, 1.54) is 6.07 Å². The van der Waals surface area contributed by atoms with Crippen LogP contribution in [0.25, 0.3) is 0 Å². The predicted octanol–water partition coefficient (Wildman–Crippen LogP) is 2.90. The molecule has 0 N–H and O–H groups in total. The third-order valence-corrected chi connectivity index (χ3v) is 2.89. The second kappa shape index (κ2) is 5.08. The van der Waals surface area contributed by atoms with Gasteiger partial charge in [-0.1, -0.05) is 18.2 Å². The average Bonchev–Trinajstić information content (AvgIpc) is 2.92. The highest BCUT2D eigenvalue weighted by Gasteiger charge is 2.16. The second-order valence-corrected chi connectivity index (χ2v) is 4.20. The molecular formula is C14H11NO5. The number of fused-ring (bicyclic) bond motifs is 1. The maximum atomic E-state index is 10.9. The van der Waals surface area contributed by atoms with Crippen molar-refractivity contribution in [3.63, 3.8) is 0 Å². The number of rotatable bonds is 4. The van der Waals surface area contributed by atoms with Crippen LogP contribution >= 0.6 is 0 Å². The van der Waals surface area contributed by atoms with Crippen molar-refractivity contribution >= 4 is 5.69 Å². The molecule has 0 saturated carbocycles. The van der Waals surface area contributed by atoms with Crippen molar-refractivity contribution in [2.75, 3.05) is 6.79 Å². The fourth-order valence-corrected chi connectivity index (χ4v) is 1.92. The largest absolute Gasteiger partial charge is 0.482 e. The summed E-state index contributed by atoms with van der Waals surface area (Å²) in [6, 6.07) is 11.7. The summed E-state index contributed by atoms with van der Waals surface area (Å²) in [6.45, 7) is 0.436. The van der Waals surface area contributed by atoms with Gasteiger partial charge in [-0.3, -0.25) is 10.1 Å². The molecular weight excluding hydrogens is 262 g/mol. The molecule has 0 fully saturated rings. The van der Waals surface area contributed by atoms with Crippen LogP contribution in [0.3, 0.4) is 0 Å². The Morgan fingerprint density at radius 3 is 2.80 bits per heavy atom. The molecule has 0 saturated heterocycles. The van der Waals surface area contributed by atoms with Crippen molar-refractivity contribution < 1.29 is 19.1 Å². The quantitative estimate of drug-likeness (QED) is 0.632. The van der Waals surface area contributed by atoms with E-state index >= 15 is 0 Å². The number of hydrogen-bond donors (Lipinski definition) is 0. The van der Waals surface area contributed by atoms with Gasteiger partial charge in [0.1, 0.15) is 6.61 Å². The second-order valence-electron chi connectivity index (χ2n) is 4.20. The Labute approximate surface area is 114 Å². The molecule has 0 amide bonds. The maximum absolute atomic E-state index is 10.9. The zero-order chi connectivity index (χ0) is 13.9. The summed E-state index contributed by atoms with van der Waals surface area (Å²) in [5, 5.41) is 10.9. The van der Waals surface area contributed by atoms with E-state index < -0.39 is 4.92 Å². The van der Waals surface area contributed by atoms with Crippen LogP contribution in [-0.4, -0.2) is 11.7 Å².